The lowest BCUT2D eigenvalue weighted by atomic mass is 9.63. The van der Waals surface area contributed by atoms with Crippen molar-refractivity contribution in [1.82, 2.24) is 4.90 Å². The Kier molecular flexibility index (Phi) is 6.44. The molecule has 1 aliphatic heterocycles. The predicted octanol–water partition coefficient (Wildman–Crippen LogP) is 6.75. The molecule has 218 valence electrons. The first-order chi connectivity index (χ1) is 21.5. The molecule has 0 unspecified atom stereocenters. The van der Waals surface area contributed by atoms with Gasteiger partial charge >= 0.3 is 0 Å². The number of anilines is 1. The van der Waals surface area contributed by atoms with Crippen LogP contribution in [0.3, 0.4) is 0 Å². The van der Waals surface area contributed by atoms with Gasteiger partial charge in [-0.25, -0.2) is 0 Å². The van der Waals surface area contributed by atoms with Crippen molar-refractivity contribution < 1.29 is 19.1 Å². The lowest BCUT2D eigenvalue weighted by Crippen LogP contribution is -2.49. The monoisotopic (exact) mass is 580 g/mol. The van der Waals surface area contributed by atoms with Crippen LogP contribution >= 0.6 is 0 Å². The lowest BCUT2D eigenvalue weighted by molar-refractivity contribution is -0.146. The second kappa shape index (κ2) is 10.6. The molecule has 4 aromatic rings. The Morgan fingerprint density at radius 2 is 1.23 bits per heavy atom. The van der Waals surface area contributed by atoms with Crippen LogP contribution < -0.4 is 10.1 Å². The van der Waals surface area contributed by atoms with Crippen molar-refractivity contribution in [3.8, 4) is 22.6 Å². The third-order valence-corrected chi connectivity index (χ3v) is 9.90. The minimum atomic E-state index is -0.933. The standard InChI is InChI=1S/C38H32N2O4/c41-36(39-26-13-17-28(18-14-26)44-27-15-11-25(12-16-27)24-9-5-2-6-10-24)33(21-23-7-3-1-4-8-23)40-37(42)34-29-19-20-30(32-22-31(29)32)35(34)38(40)43/h1-20,29-35H,21-22H2,(H,39,41)/t29-,30-,31-,32-,33-,34-,35+/m0/s1. The number of hydrogen-bond donors (Lipinski definition) is 1. The fourth-order valence-electron chi connectivity index (χ4n) is 7.74. The molecule has 4 aromatic carbocycles. The molecule has 0 spiro atoms. The number of benzene rings is 4. The SMILES string of the molecule is O=C(Nc1ccc(Oc2ccc(-c3ccccc3)cc2)cc1)[C@H](Cc1ccccc1)N1C(=O)[C@@H]2[C@H]3C=C[C@@H]([C@@H]4C[C@@H]34)[C@@H]2C1=O. The van der Waals surface area contributed by atoms with E-state index in [0.717, 1.165) is 23.1 Å². The van der Waals surface area contributed by atoms with Crippen molar-refractivity contribution >= 4 is 23.4 Å². The van der Waals surface area contributed by atoms with Crippen LogP contribution in [-0.2, 0) is 20.8 Å². The summed E-state index contributed by atoms with van der Waals surface area (Å²) in [5.74, 6) is 1.13. The van der Waals surface area contributed by atoms with Crippen LogP contribution in [0.25, 0.3) is 11.1 Å². The van der Waals surface area contributed by atoms with E-state index in [9.17, 15) is 14.4 Å². The van der Waals surface area contributed by atoms with Crippen LogP contribution in [-0.4, -0.2) is 28.7 Å². The first-order valence-electron chi connectivity index (χ1n) is 15.4. The molecule has 3 amide bonds. The summed E-state index contributed by atoms with van der Waals surface area (Å²) < 4.78 is 6.04. The molecule has 9 rings (SSSR count). The van der Waals surface area contributed by atoms with Crippen molar-refractivity contribution in [3.05, 3.63) is 127 Å². The van der Waals surface area contributed by atoms with Crippen LogP contribution in [0.4, 0.5) is 5.69 Å². The number of nitrogens with zero attached hydrogens (tertiary/aromatic N) is 1. The van der Waals surface area contributed by atoms with E-state index >= 15 is 0 Å². The summed E-state index contributed by atoms with van der Waals surface area (Å²) in [6.07, 6.45) is 5.67. The summed E-state index contributed by atoms with van der Waals surface area (Å²) in [6.45, 7) is 0. The highest BCUT2D eigenvalue weighted by Crippen LogP contribution is 2.65. The number of imide groups is 1. The smallest absolute Gasteiger partial charge is 0.248 e. The maximum absolute atomic E-state index is 13.9. The van der Waals surface area contributed by atoms with Gasteiger partial charge in [0, 0.05) is 12.1 Å². The van der Waals surface area contributed by atoms with Gasteiger partial charge in [0.1, 0.15) is 17.5 Å². The van der Waals surface area contributed by atoms with Crippen LogP contribution in [0.15, 0.2) is 121 Å². The Hall–Kier alpha value is -4.97. The van der Waals surface area contributed by atoms with Gasteiger partial charge in [0.25, 0.3) is 0 Å². The first-order valence-corrected chi connectivity index (χ1v) is 15.4. The fourth-order valence-corrected chi connectivity index (χ4v) is 7.74. The highest BCUT2D eigenvalue weighted by molar-refractivity contribution is 6.10. The summed E-state index contributed by atoms with van der Waals surface area (Å²) >= 11 is 0. The number of amides is 3. The molecule has 44 heavy (non-hydrogen) atoms. The van der Waals surface area contributed by atoms with Crippen molar-refractivity contribution in [2.24, 2.45) is 35.5 Å². The van der Waals surface area contributed by atoms with Gasteiger partial charge in [-0.05, 0) is 83.2 Å². The average molecular weight is 581 g/mol. The quantitative estimate of drug-likeness (QED) is 0.185. The predicted molar refractivity (Wildman–Crippen MR) is 168 cm³/mol. The third-order valence-electron chi connectivity index (χ3n) is 9.90. The van der Waals surface area contributed by atoms with Crippen LogP contribution in [0.5, 0.6) is 11.5 Å². The largest absolute Gasteiger partial charge is 0.457 e. The molecular weight excluding hydrogens is 548 g/mol. The van der Waals surface area contributed by atoms with Gasteiger partial charge in [-0.15, -0.1) is 0 Å². The van der Waals surface area contributed by atoms with E-state index in [2.05, 4.69) is 29.6 Å². The summed E-state index contributed by atoms with van der Waals surface area (Å²) in [4.78, 5) is 42.9. The van der Waals surface area contributed by atoms with E-state index in [0.29, 0.717) is 29.0 Å². The molecule has 3 fully saturated rings. The zero-order chi connectivity index (χ0) is 29.8. The Bertz CT molecular complexity index is 1710. The van der Waals surface area contributed by atoms with E-state index < -0.39 is 6.04 Å². The molecule has 0 aromatic heterocycles. The maximum atomic E-state index is 13.9. The molecule has 0 radical (unpaired) electrons. The van der Waals surface area contributed by atoms with Gasteiger partial charge < -0.3 is 10.1 Å². The highest BCUT2D eigenvalue weighted by atomic mass is 16.5. The molecule has 5 aliphatic rings. The Balaban J connectivity index is 0.991. The van der Waals surface area contributed by atoms with E-state index in [4.69, 9.17) is 4.74 Å². The van der Waals surface area contributed by atoms with Crippen molar-refractivity contribution in [2.45, 2.75) is 18.9 Å². The van der Waals surface area contributed by atoms with Crippen LogP contribution in [0.1, 0.15) is 12.0 Å². The highest BCUT2D eigenvalue weighted by Gasteiger charge is 2.67. The van der Waals surface area contributed by atoms with E-state index in [1.165, 1.54) is 4.90 Å². The Morgan fingerprint density at radius 3 is 1.82 bits per heavy atom. The van der Waals surface area contributed by atoms with Gasteiger partial charge in [0.15, 0.2) is 0 Å². The van der Waals surface area contributed by atoms with Gasteiger partial charge in [0.2, 0.25) is 17.7 Å². The minimum Gasteiger partial charge on any atom is -0.457 e. The number of likely N-dealkylation sites (tertiary alicyclic amines) is 1. The minimum absolute atomic E-state index is 0.110. The molecule has 1 N–H and O–H groups in total. The first kappa shape index (κ1) is 26.6. The van der Waals surface area contributed by atoms with Gasteiger partial charge in [0.05, 0.1) is 11.8 Å². The summed E-state index contributed by atoms with van der Waals surface area (Å²) in [5, 5.41) is 2.98. The van der Waals surface area contributed by atoms with E-state index in [-0.39, 0.29) is 47.8 Å². The number of hydrogen-bond acceptors (Lipinski definition) is 4. The van der Waals surface area contributed by atoms with Crippen molar-refractivity contribution in [2.75, 3.05) is 5.32 Å². The second-order valence-electron chi connectivity index (χ2n) is 12.4. The normalized spacial score (nSPS) is 26.6. The molecular formula is C38H32N2O4. The molecule has 6 nitrogen and oxygen atoms in total. The molecule has 4 aliphatic carbocycles. The summed E-state index contributed by atoms with van der Waals surface area (Å²) in [5.41, 5.74) is 3.71. The maximum Gasteiger partial charge on any atom is 0.248 e. The summed E-state index contributed by atoms with van der Waals surface area (Å²) in [7, 11) is 0. The average Bonchev–Trinajstić information content (AvgIpc) is 3.85. The molecule has 6 heteroatoms. The number of ether oxygens (including phenoxy) is 1. The fraction of sp³-hybridized carbons (Fsp3) is 0.237. The third kappa shape index (κ3) is 4.62. The number of nitrogens with one attached hydrogen (secondary N) is 1. The van der Waals surface area contributed by atoms with Gasteiger partial charge in [-0.1, -0.05) is 84.9 Å². The molecule has 2 bridgehead atoms. The van der Waals surface area contributed by atoms with E-state index in [1.807, 2.05) is 72.8 Å². The summed E-state index contributed by atoms with van der Waals surface area (Å²) in [6, 6.07) is 33.8. The zero-order valence-corrected chi connectivity index (χ0v) is 24.1. The number of allylic oxidation sites excluding steroid dienone is 2. The Labute approximate surface area is 256 Å². The van der Waals surface area contributed by atoms with Crippen LogP contribution in [0.2, 0.25) is 0 Å². The van der Waals surface area contributed by atoms with E-state index in [1.54, 1.807) is 24.3 Å². The number of carbonyl (C=O) groups is 3. The Morgan fingerprint density at radius 1 is 0.705 bits per heavy atom. The number of carbonyl (C=O) groups excluding carboxylic acids is 3. The van der Waals surface area contributed by atoms with Crippen molar-refractivity contribution in [3.63, 3.8) is 0 Å². The zero-order valence-electron chi connectivity index (χ0n) is 24.1. The van der Waals surface area contributed by atoms with Gasteiger partial charge in [-0.2, -0.15) is 0 Å². The molecule has 1 saturated heterocycles. The van der Waals surface area contributed by atoms with Crippen molar-refractivity contribution in [1.29, 1.82) is 0 Å². The van der Waals surface area contributed by atoms with Crippen LogP contribution in [0, 0.1) is 35.5 Å². The molecule has 7 atom stereocenters. The second-order valence-corrected chi connectivity index (χ2v) is 12.4. The lowest BCUT2D eigenvalue weighted by Gasteiger charge is -2.37. The van der Waals surface area contributed by atoms with Gasteiger partial charge in [-0.3, -0.25) is 19.3 Å². The topological polar surface area (TPSA) is 75.7 Å². The molecule has 2 saturated carbocycles. The molecule has 1 heterocycles. The number of rotatable bonds is 8.